The van der Waals surface area contributed by atoms with Gasteiger partial charge in [-0.05, 0) is 87.7 Å². The number of carbonyl (C=O) groups excluding carboxylic acids is 1. The van der Waals surface area contributed by atoms with Crippen LogP contribution in [0.15, 0.2) is 65.8 Å². The molecule has 0 unspecified atom stereocenters. The quantitative estimate of drug-likeness (QED) is 0.216. The van der Waals surface area contributed by atoms with Crippen molar-refractivity contribution in [2.45, 2.75) is 91.5 Å². The molecule has 1 aliphatic rings. The summed E-state index contributed by atoms with van der Waals surface area (Å²) in [4.78, 5) is 35.9. The molecule has 10 heteroatoms. The summed E-state index contributed by atoms with van der Waals surface area (Å²) in [7, 11) is 0. The third kappa shape index (κ3) is 8.11. The van der Waals surface area contributed by atoms with E-state index < -0.39 is 6.10 Å². The second kappa shape index (κ2) is 13.4. The Kier molecular flexibility index (Phi) is 9.62. The first-order valence-electron chi connectivity index (χ1n) is 15.3. The number of anilines is 1. The molecule has 0 saturated heterocycles. The summed E-state index contributed by atoms with van der Waals surface area (Å²) in [6.07, 6.45) is 3.57. The molecule has 3 heterocycles. The Balaban J connectivity index is 1.61. The smallest absolute Gasteiger partial charge is 0.254 e. The number of hydrogen-bond donors (Lipinski definition) is 1. The zero-order chi connectivity index (χ0) is 32.3. The first-order chi connectivity index (χ1) is 21.4. The van der Waals surface area contributed by atoms with Gasteiger partial charge in [0.25, 0.3) is 5.91 Å². The van der Waals surface area contributed by atoms with Crippen LogP contribution < -0.4 is 14.2 Å². The van der Waals surface area contributed by atoms with Crippen molar-refractivity contribution < 1.29 is 14.3 Å². The van der Waals surface area contributed by atoms with E-state index in [2.05, 4.69) is 61.4 Å². The summed E-state index contributed by atoms with van der Waals surface area (Å²) in [5.41, 5.74) is 4.49. The molecule has 2 atom stereocenters. The van der Waals surface area contributed by atoms with Gasteiger partial charge in [-0.25, -0.2) is 15.0 Å². The predicted molar refractivity (Wildman–Crippen MR) is 178 cm³/mol. The molecule has 4 aromatic rings. The molecule has 9 nitrogen and oxygen atoms in total. The largest absolute Gasteiger partial charge is 0.488 e. The van der Waals surface area contributed by atoms with Crippen LogP contribution in [0.4, 0.5) is 5.95 Å². The van der Waals surface area contributed by atoms with Crippen molar-refractivity contribution in [3.05, 3.63) is 83.4 Å². The van der Waals surface area contributed by atoms with Gasteiger partial charge < -0.3 is 14.4 Å². The highest BCUT2D eigenvalue weighted by molar-refractivity contribution is 8.00. The lowest BCUT2D eigenvalue weighted by atomic mass is 9.85. The van der Waals surface area contributed by atoms with E-state index in [1.54, 1.807) is 12.4 Å². The molecule has 1 aliphatic heterocycles. The highest BCUT2D eigenvalue weighted by atomic mass is 32.2. The molecule has 0 saturated carbocycles. The number of nitrogens with zero attached hydrogens (tertiary/aromatic N) is 5. The van der Waals surface area contributed by atoms with E-state index in [0.717, 1.165) is 27.3 Å². The maximum Gasteiger partial charge on any atom is 0.254 e. The maximum atomic E-state index is 14.4. The lowest BCUT2D eigenvalue weighted by Crippen LogP contribution is -2.49. The predicted octanol–water partition coefficient (Wildman–Crippen LogP) is 7.68. The Labute approximate surface area is 270 Å². The number of benzene rings is 2. The number of nitrogens with one attached hydrogen (secondary N) is 1. The molecule has 1 amide bonds. The molecule has 236 valence electrons. The van der Waals surface area contributed by atoms with Crippen LogP contribution in [0.2, 0.25) is 0 Å². The minimum Gasteiger partial charge on any atom is -0.488 e. The topological polar surface area (TPSA) is 102 Å². The summed E-state index contributed by atoms with van der Waals surface area (Å²) in [6, 6.07) is 15.3. The summed E-state index contributed by atoms with van der Waals surface area (Å²) in [5.74, 6) is 1.84. The van der Waals surface area contributed by atoms with E-state index in [1.165, 1.54) is 11.9 Å². The van der Waals surface area contributed by atoms with Gasteiger partial charge in [-0.15, -0.1) is 0 Å². The number of aryl methyl sites for hydroxylation is 2. The molecule has 0 spiro atoms. The van der Waals surface area contributed by atoms with Crippen molar-refractivity contribution >= 4 is 23.8 Å². The first-order valence-corrected chi connectivity index (χ1v) is 16.1. The van der Waals surface area contributed by atoms with Gasteiger partial charge in [0, 0.05) is 22.1 Å². The van der Waals surface area contributed by atoms with E-state index in [0.29, 0.717) is 35.4 Å². The Morgan fingerprint density at radius 2 is 1.71 bits per heavy atom. The zero-order valence-corrected chi connectivity index (χ0v) is 28.1. The summed E-state index contributed by atoms with van der Waals surface area (Å²) >= 11 is 1.35. The molecular weight excluding hydrogens is 584 g/mol. The lowest BCUT2D eigenvalue weighted by Gasteiger charge is -2.38. The first kappa shape index (κ1) is 32.2. The number of rotatable bonds is 6. The van der Waals surface area contributed by atoms with Gasteiger partial charge in [-0.1, -0.05) is 45.0 Å². The van der Waals surface area contributed by atoms with Crippen LogP contribution in [0, 0.1) is 19.3 Å². The number of fused-ring (bicyclic) bond motifs is 4. The summed E-state index contributed by atoms with van der Waals surface area (Å²) in [6.45, 7) is 16.8. The molecular formula is C35H42N6O3S. The van der Waals surface area contributed by atoms with Gasteiger partial charge in [0.1, 0.15) is 11.9 Å². The third-order valence-corrected chi connectivity index (χ3v) is 8.25. The van der Waals surface area contributed by atoms with Crippen molar-refractivity contribution in [1.82, 2.24) is 24.8 Å². The van der Waals surface area contributed by atoms with Crippen LogP contribution >= 0.6 is 11.9 Å². The number of aromatic nitrogens is 4. The van der Waals surface area contributed by atoms with Gasteiger partial charge in [0.2, 0.25) is 11.8 Å². The fourth-order valence-corrected chi connectivity index (χ4v) is 6.15. The van der Waals surface area contributed by atoms with Gasteiger partial charge >= 0.3 is 0 Å². The van der Waals surface area contributed by atoms with Crippen molar-refractivity contribution in [2.24, 2.45) is 5.41 Å². The zero-order valence-electron chi connectivity index (χ0n) is 27.3. The number of ether oxygens (including phenoxy) is 2. The molecule has 0 aliphatic carbocycles. The van der Waals surface area contributed by atoms with Gasteiger partial charge in [0.05, 0.1) is 36.8 Å². The maximum absolute atomic E-state index is 14.4. The fraction of sp³-hybridized carbons (Fsp3) is 0.400. The third-order valence-electron chi connectivity index (χ3n) is 7.48. The van der Waals surface area contributed by atoms with Crippen LogP contribution in [0.1, 0.15) is 75.3 Å². The second-order valence-corrected chi connectivity index (χ2v) is 13.9. The van der Waals surface area contributed by atoms with Crippen molar-refractivity contribution in [2.75, 3.05) is 4.72 Å². The van der Waals surface area contributed by atoms with Crippen LogP contribution in [0.25, 0.3) is 11.3 Å². The van der Waals surface area contributed by atoms with Crippen molar-refractivity contribution in [1.29, 1.82) is 0 Å². The molecule has 0 fully saturated rings. The van der Waals surface area contributed by atoms with E-state index in [-0.39, 0.29) is 30.0 Å². The fourth-order valence-electron chi connectivity index (χ4n) is 5.52. The molecule has 0 radical (unpaired) electrons. The van der Waals surface area contributed by atoms with Gasteiger partial charge in [-0.2, -0.15) is 4.98 Å². The van der Waals surface area contributed by atoms with E-state index in [1.807, 2.05) is 62.1 Å². The van der Waals surface area contributed by atoms with E-state index in [4.69, 9.17) is 19.4 Å². The Morgan fingerprint density at radius 3 is 2.38 bits per heavy atom. The second-order valence-electron chi connectivity index (χ2n) is 13.0. The Morgan fingerprint density at radius 1 is 1.02 bits per heavy atom. The molecule has 4 bridgehead atoms. The van der Waals surface area contributed by atoms with E-state index >= 15 is 0 Å². The van der Waals surface area contributed by atoms with Crippen molar-refractivity contribution in [3.8, 4) is 22.9 Å². The highest BCUT2D eigenvalue weighted by Crippen LogP contribution is 2.34. The van der Waals surface area contributed by atoms with Crippen LogP contribution in [-0.4, -0.2) is 49.0 Å². The molecule has 1 N–H and O–H groups in total. The minimum atomic E-state index is -0.429. The van der Waals surface area contributed by atoms with Crippen molar-refractivity contribution in [3.63, 3.8) is 0 Å². The average Bonchev–Trinajstić information content (AvgIpc) is 2.97. The van der Waals surface area contributed by atoms with Crippen LogP contribution in [0.3, 0.4) is 0 Å². The molecule has 5 rings (SSSR count). The Hall–Kier alpha value is -4.18. The number of carbonyl (C=O) groups is 1. The minimum absolute atomic E-state index is 0.00603. The molecule has 2 aromatic heterocycles. The van der Waals surface area contributed by atoms with E-state index in [9.17, 15) is 4.79 Å². The summed E-state index contributed by atoms with van der Waals surface area (Å²) < 4.78 is 15.7. The molecule has 2 aromatic carbocycles. The normalized spacial score (nSPS) is 17.1. The Bertz CT molecular complexity index is 1630. The van der Waals surface area contributed by atoms with Crippen LogP contribution in [-0.2, 0) is 6.54 Å². The van der Waals surface area contributed by atoms with Gasteiger partial charge in [0.15, 0.2) is 5.75 Å². The number of hydrogen-bond acceptors (Lipinski definition) is 9. The van der Waals surface area contributed by atoms with Crippen LogP contribution in [0.5, 0.6) is 11.6 Å². The monoisotopic (exact) mass is 626 g/mol. The SMILES string of the molecule is Cc1cccc(C)c1-c1cc2nc(n1)NSc1cccc(c1)C(=O)N(Cc1ncc(OC(C)C)cn1)[C@H](CC(C)(C)C)[C@@H](C)O2. The number of amides is 1. The summed E-state index contributed by atoms with van der Waals surface area (Å²) in [5, 5.41) is 0. The highest BCUT2D eigenvalue weighted by Gasteiger charge is 2.35. The molecule has 45 heavy (non-hydrogen) atoms. The van der Waals surface area contributed by atoms with Gasteiger partial charge in [-0.3, -0.25) is 9.52 Å². The lowest BCUT2D eigenvalue weighted by molar-refractivity contribution is 0.0310. The average molecular weight is 627 g/mol. The standard InChI is InChI=1S/C35H42N6O3S/c1-21(2)43-26-18-36-30(37-19-26)20-41-29(17-35(6,7)8)24(5)44-31-16-28(32-22(3)11-9-12-23(32)4)38-34(39-31)40-45-27-14-10-13-25(15-27)33(41)42/h9-16,18-19,21,24,29H,17,20H2,1-8H3,(H,38,39,40)/t24-,29-/m1/s1.